The number of methoxy groups -OCH3 is 1. The SMILES string of the molecule is COCC1CC2(C)CC=CC3(C4=CC5CCC6CC(OC7OC(C(=O)O)C(O)C(O)C7O)C(C)(C)C7CCC(C)(C5C67C)C4(CCC=O)CCC13C(=O)O)C2O. The van der Waals surface area contributed by atoms with E-state index in [0.29, 0.717) is 51.6 Å². The summed E-state index contributed by atoms with van der Waals surface area (Å²) >= 11 is 0. The second kappa shape index (κ2) is 13.2. The molecule has 1 aliphatic heterocycles. The number of aliphatic hydroxyl groups is 4. The lowest BCUT2D eigenvalue weighted by molar-refractivity contribution is -0.333. The van der Waals surface area contributed by atoms with Gasteiger partial charge in [-0.05, 0) is 115 Å². The number of carbonyl (C=O) groups excluding carboxylic acids is 1. The number of fused-ring (bicyclic) bond motifs is 3. The van der Waals surface area contributed by atoms with E-state index in [4.69, 9.17) is 14.2 Å². The number of carbonyl (C=O) groups is 3. The quantitative estimate of drug-likeness (QED) is 0.109. The molecule has 12 heteroatoms. The molecule has 7 aliphatic carbocycles. The largest absolute Gasteiger partial charge is 0.481 e. The van der Waals surface area contributed by atoms with Crippen molar-refractivity contribution >= 4 is 18.2 Å². The maximum Gasteiger partial charge on any atom is 0.335 e. The molecule has 5 saturated carbocycles. The van der Waals surface area contributed by atoms with Gasteiger partial charge in [-0.2, -0.15) is 0 Å². The number of aliphatic carboxylic acids is 2. The standard InChI is InChI=1S/C44H64O12/c1-38(2)26-11-15-40(4)33-23(9-10-24(41(26,33)5)20-28(38)55-35-31(48)29(46)30(47)32(56-35)34(49)50)19-27-42(40,13-8-18-45)16-17-43(37(52)53)25(22-54-6)21-39(3)12-7-14-44(27,43)36(39)51/h7,14,18-19,23-26,28-33,35-36,46-48,51H,8-13,15-17,20-22H2,1-6H3,(H,49,50)(H,52,53). The molecule has 1 heterocycles. The van der Waals surface area contributed by atoms with Crippen LogP contribution in [0.1, 0.15) is 105 Å². The Kier molecular flexibility index (Phi) is 9.53. The molecular formula is C44H64O12. The molecule has 312 valence electrons. The van der Waals surface area contributed by atoms with Crippen molar-refractivity contribution in [3.05, 3.63) is 23.8 Å². The van der Waals surface area contributed by atoms with E-state index >= 15 is 0 Å². The first kappa shape index (κ1) is 40.6. The van der Waals surface area contributed by atoms with E-state index in [0.717, 1.165) is 37.5 Å². The smallest absolute Gasteiger partial charge is 0.335 e. The van der Waals surface area contributed by atoms with Crippen LogP contribution in [-0.2, 0) is 28.6 Å². The van der Waals surface area contributed by atoms with Crippen LogP contribution < -0.4 is 0 Å². The Balaban J connectivity index is 1.24. The highest BCUT2D eigenvalue weighted by atomic mass is 16.7. The van der Waals surface area contributed by atoms with Crippen LogP contribution in [0, 0.1) is 67.5 Å². The van der Waals surface area contributed by atoms with Gasteiger partial charge in [-0.15, -0.1) is 0 Å². The summed E-state index contributed by atoms with van der Waals surface area (Å²) in [5, 5.41) is 66.0. The lowest BCUT2D eigenvalue weighted by Crippen LogP contribution is -2.75. The zero-order valence-electron chi connectivity index (χ0n) is 33.9. The van der Waals surface area contributed by atoms with Gasteiger partial charge in [0.25, 0.3) is 0 Å². The van der Waals surface area contributed by atoms with Crippen LogP contribution in [0.15, 0.2) is 23.8 Å². The Labute approximate surface area is 330 Å². The molecule has 12 nitrogen and oxygen atoms in total. The van der Waals surface area contributed by atoms with Crippen molar-refractivity contribution in [2.75, 3.05) is 13.7 Å². The third kappa shape index (κ3) is 4.81. The fourth-order valence-corrected chi connectivity index (χ4v) is 16.3. The van der Waals surface area contributed by atoms with Crippen LogP contribution in [0.3, 0.4) is 0 Å². The second-order valence-corrected chi connectivity index (χ2v) is 20.7. The first-order valence-corrected chi connectivity index (χ1v) is 21.1. The van der Waals surface area contributed by atoms with Crippen molar-refractivity contribution in [3.8, 4) is 0 Å². The van der Waals surface area contributed by atoms with Crippen LogP contribution in [0.2, 0.25) is 0 Å². The molecule has 8 aliphatic rings. The van der Waals surface area contributed by atoms with Crippen LogP contribution in [0.4, 0.5) is 0 Å². The number of ether oxygens (including phenoxy) is 3. The van der Waals surface area contributed by atoms with Gasteiger partial charge in [0.15, 0.2) is 12.4 Å². The monoisotopic (exact) mass is 784 g/mol. The normalized spacial score (nSPS) is 53.8. The second-order valence-electron chi connectivity index (χ2n) is 20.7. The van der Waals surface area contributed by atoms with Crippen molar-refractivity contribution in [2.24, 2.45) is 67.5 Å². The predicted octanol–water partition coefficient (Wildman–Crippen LogP) is 4.51. The first-order valence-electron chi connectivity index (χ1n) is 21.1. The lowest BCUT2D eigenvalue weighted by Gasteiger charge is -2.78. The van der Waals surface area contributed by atoms with Crippen LogP contribution in [0.25, 0.3) is 0 Å². The van der Waals surface area contributed by atoms with Gasteiger partial charge in [-0.1, -0.05) is 58.4 Å². The average Bonchev–Trinajstić information content (AvgIpc) is 3.12. The van der Waals surface area contributed by atoms with Crippen molar-refractivity contribution in [1.29, 1.82) is 0 Å². The number of aliphatic hydroxyl groups excluding tert-OH is 4. The maximum absolute atomic E-state index is 14.1. The van der Waals surface area contributed by atoms with E-state index in [-0.39, 0.29) is 40.4 Å². The molecule has 6 fully saturated rings. The first-order chi connectivity index (χ1) is 26.3. The number of carboxylic acid groups (broad SMARTS) is 2. The predicted molar refractivity (Wildman–Crippen MR) is 202 cm³/mol. The number of hydrogen-bond acceptors (Lipinski definition) is 10. The highest BCUT2D eigenvalue weighted by molar-refractivity contribution is 5.80. The topological polar surface area (TPSA) is 200 Å². The summed E-state index contributed by atoms with van der Waals surface area (Å²) in [5.74, 6) is -1.99. The molecule has 56 heavy (non-hydrogen) atoms. The molecule has 1 saturated heterocycles. The molecule has 1 spiro atoms. The van der Waals surface area contributed by atoms with Crippen LogP contribution in [-0.4, -0.2) is 105 Å². The highest BCUT2D eigenvalue weighted by Gasteiger charge is 2.80. The maximum atomic E-state index is 14.1. The molecule has 2 bridgehead atoms. The van der Waals surface area contributed by atoms with E-state index in [1.54, 1.807) is 7.11 Å². The number of carboxylic acids is 2. The van der Waals surface area contributed by atoms with Gasteiger partial charge in [-0.3, -0.25) is 4.79 Å². The highest BCUT2D eigenvalue weighted by Crippen LogP contribution is 2.83. The summed E-state index contributed by atoms with van der Waals surface area (Å²) in [7, 11) is 1.63. The molecule has 0 aromatic heterocycles. The van der Waals surface area contributed by atoms with Crippen LogP contribution >= 0.6 is 0 Å². The van der Waals surface area contributed by atoms with Gasteiger partial charge < -0.3 is 49.6 Å². The fourth-order valence-electron chi connectivity index (χ4n) is 16.3. The van der Waals surface area contributed by atoms with E-state index in [9.17, 15) is 45.0 Å². The molecule has 0 aromatic carbocycles. The lowest BCUT2D eigenvalue weighted by atomic mass is 9.26. The van der Waals surface area contributed by atoms with E-state index in [1.165, 1.54) is 0 Å². The van der Waals surface area contributed by atoms with Crippen molar-refractivity contribution in [3.63, 3.8) is 0 Å². The number of allylic oxidation sites excluding steroid dienone is 2. The van der Waals surface area contributed by atoms with Gasteiger partial charge in [0.05, 0.1) is 29.6 Å². The Bertz CT molecular complexity index is 1690. The van der Waals surface area contributed by atoms with Gasteiger partial charge in [0, 0.05) is 19.4 Å². The average molecular weight is 785 g/mol. The van der Waals surface area contributed by atoms with Gasteiger partial charge in [0.2, 0.25) is 0 Å². The summed E-state index contributed by atoms with van der Waals surface area (Å²) < 4.78 is 18.0. The number of rotatable bonds is 9. The summed E-state index contributed by atoms with van der Waals surface area (Å²) in [6.07, 6.45) is 5.06. The molecule has 18 unspecified atom stereocenters. The zero-order valence-corrected chi connectivity index (χ0v) is 33.9. The molecule has 6 N–H and O–H groups in total. The zero-order chi connectivity index (χ0) is 40.6. The minimum atomic E-state index is -1.80. The molecule has 18 atom stereocenters. The van der Waals surface area contributed by atoms with Gasteiger partial charge in [-0.25, -0.2) is 4.79 Å². The summed E-state index contributed by atoms with van der Waals surface area (Å²) in [6.45, 7) is 11.6. The summed E-state index contributed by atoms with van der Waals surface area (Å²) in [4.78, 5) is 38.4. The Morgan fingerprint density at radius 2 is 1.70 bits per heavy atom. The minimum absolute atomic E-state index is 0.115. The van der Waals surface area contributed by atoms with E-state index in [1.807, 2.05) is 0 Å². The van der Waals surface area contributed by atoms with E-state index < -0.39 is 81.9 Å². The minimum Gasteiger partial charge on any atom is -0.481 e. The van der Waals surface area contributed by atoms with Crippen molar-refractivity contribution in [1.82, 2.24) is 0 Å². The Hall–Kier alpha value is -2.19. The number of aldehydes is 1. The van der Waals surface area contributed by atoms with Crippen molar-refractivity contribution in [2.45, 2.75) is 148 Å². The molecule has 8 rings (SSSR count). The third-order valence-electron chi connectivity index (χ3n) is 18.6. The number of hydrogen-bond donors (Lipinski definition) is 6. The molecule has 0 radical (unpaired) electrons. The Morgan fingerprint density at radius 1 is 0.964 bits per heavy atom. The van der Waals surface area contributed by atoms with Crippen molar-refractivity contribution < 1.29 is 59.2 Å². The molecule has 0 aromatic rings. The van der Waals surface area contributed by atoms with E-state index in [2.05, 4.69) is 52.8 Å². The Morgan fingerprint density at radius 3 is 2.36 bits per heavy atom. The van der Waals surface area contributed by atoms with Crippen LogP contribution in [0.5, 0.6) is 0 Å². The van der Waals surface area contributed by atoms with Gasteiger partial charge in [0.1, 0.15) is 24.6 Å². The third-order valence-corrected chi connectivity index (χ3v) is 18.6. The molecule has 0 amide bonds. The summed E-state index contributed by atoms with van der Waals surface area (Å²) in [6, 6.07) is 0. The van der Waals surface area contributed by atoms with Gasteiger partial charge >= 0.3 is 11.9 Å². The fraction of sp³-hybridized carbons (Fsp3) is 0.841. The summed E-state index contributed by atoms with van der Waals surface area (Å²) in [5.41, 5.74) is -3.46. The molecular weight excluding hydrogens is 720 g/mol.